The molecule has 0 atom stereocenters. The number of imidazole rings is 1. The van der Waals surface area contributed by atoms with Gasteiger partial charge in [-0.05, 0) is 13.2 Å². The first-order chi connectivity index (χ1) is 9.76. The van der Waals surface area contributed by atoms with Crippen molar-refractivity contribution < 1.29 is 0 Å². The van der Waals surface area contributed by atoms with E-state index in [1.54, 1.807) is 0 Å². The largest absolute Gasteiger partial charge is 0.321 e. The van der Waals surface area contributed by atoms with Gasteiger partial charge in [-0.15, -0.1) is 0 Å². The summed E-state index contributed by atoms with van der Waals surface area (Å²) >= 11 is 5.16. The highest BCUT2D eigenvalue weighted by molar-refractivity contribution is 8.13. The monoisotopic (exact) mass is 327 g/mol. The summed E-state index contributed by atoms with van der Waals surface area (Å²) in [7, 11) is 0. The Morgan fingerprint density at radius 3 is 3.25 bits per heavy atom. The maximum Gasteiger partial charge on any atom is 0.183 e. The normalized spacial score (nSPS) is 14.2. The second kappa shape index (κ2) is 7.86. The SMILES string of the molecule is CSC(=NCCSCc1c(C)nc2n1CCS2)NC#N. The number of nitrogens with one attached hydrogen (secondary N) is 1. The van der Waals surface area contributed by atoms with Crippen molar-refractivity contribution in [1.82, 2.24) is 14.9 Å². The average molecular weight is 328 g/mol. The quantitative estimate of drug-likeness (QED) is 0.294. The summed E-state index contributed by atoms with van der Waals surface area (Å²) in [4.78, 5) is 8.94. The average Bonchev–Trinajstić information content (AvgIpc) is 2.99. The predicted molar refractivity (Wildman–Crippen MR) is 88.4 cm³/mol. The molecule has 0 aromatic carbocycles. The minimum absolute atomic E-state index is 0.686. The highest BCUT2D eigenvalue weighted by atomic mass is 32.2. The van der Waals surface area contributed by atoms with Crippen LogP contribution in [0, 0.1) is 18.4 Å². The molecule has 0 unspecified atom stereocenters. The molecular formula is C12H17N5S3. The smallest absolute Gasteiger partial charge is 0.183 e. The molecule has 1 aromatic rings. The molecule has 1 N–H and O–H groups in total. The van der Waals surface area contributed by atoms with E-state index in [9.17, 15) is 0 Å². The van der Waals surface area contributed by atoms with Crippen LogP contribution in [-0.2, 0) is 12.3 Å². The Morgan fingerprint density at radius 2 is 2.50 bits per heavy atom. The van der Waals surface area contributed by atoms with Crippen LogP contribution in [0.15, 0.2) is 10.1 Å². The van der Waals surface area contributed by atoms with E-state index in [4.69, 9.17) is 5.26 Å². The zero-order valence-electron chi connectivity index (χ0n) is 11.5. The number of amidine groups is 1. The number of aliphatic imine (C=N–C) groups is 1. The summed E-state index contributed by atoms with van der Waals surface area (Å²) in [6.45, 7) is 3.89. The van der Waals surface area contributed by atoms with Gasteiger partial charge in [-0.3, -0.25) is 10.3 Å². The molecule has 0 aliphatic carbocycles. The fraction of sp³-hybridized carbons (Fsp3) is 0.583. The van der Waals surface area contributed by atoms with Gasteiger partial charge in [-0.25, -0.2) is 4.98 Å². The van der Waals surface area contributed by atoms with Gasteiger partial charge >= 0.3 is 0 Å². The zero-order chi connectivity index (χ0) is 14.4. The van der Waals surface area contributed by atoms with Crippen LogP contribution >= 0.6 is 35.3 Å². The second-order valence-corrected chi connectivity index (χ2v) is 7.07. The van der Waals surface area contributed by atoms with E-state index >= 15 is 0 Å². The highest BCUT2D eigenvalue weighted by Crippen LogP contribution is 2.29. The molecule has 5 nitrogen and oxygen atoms in total. The van der Waals surface area contributed by atoms with Gasteiger partial charge in [0, 0.05) is 23.8 Å². The summed E-state index contributed by atoms with van der Waals surface area (Å²) in [6, 6.07) is 0. The third kappa shape index (κ3) is 3.87. The Kier molecular flexibility index (Phi) is 6.13. The predicted octanol–water partition coefficient (Wildman–Crippen LogP) is 2.32. The van der Waals surface area contributed by atoms with Gasteiger partial charge in [0.15, 0.2) is 16.5 Å². The first kappa shape index (κ1) is 15.6. The molecule has 1 aliphatic heterocycles. The number of nitriles is 1. The van der Waals surface area contributed by atoms with Crippen LogP contribution in [-0.4, -0.2) is 39.0 Å². The molecule has 0 radical (unpaired) electrons. The number of thioether (sulfide) groups is 3. The molecular weight excluding hydrogens is 310 g/mol. The van der Waals surface area contributed by atoms with Gasteiger partial charge in [0.2, 0.25) is 0 Å². The van der Waals surface area contributed by atoms with Crippen LogP contribution in [0.2, 0.25) is 0 Å². The Balaban J connectivity index is 1.78. The van der Waals surface area contributed by atoms with Crippen molar-refractivity contribution in [3.05, 3.63) is 11.4 Å². The maximum absolute atomic E-state index is 8.54. The minimum atomic E-state index is 0.686. The molecule has 20 heavy (non-hydrogen) atoms. The lowest BCUT2D eigenvalue weighted by Gasteiger charge is -2.05. The topological polar surface area (TPSA) is 66.0 Å². The molecule has 0 spiro atoms. The van der Waals surface area contributed by atoms with Gasteiger partial charge < -0.3 is 4.57 Å². The van der Waals surface area contributed by atoms with Gasteiger partial charge in [-0.2, -0.15) is 17.0 Å². The van der Waals surface area contributed by atoms with E-state index in [1.165, 1.54) is 22.6 Å². The lowest BCUT2D eigenvalue weighted by atomic mass is 10.4. The summed E-state index contributed by atoms with van der Waals surface area (Å²) in [5, 5.41) is 13.0. The van der Waals surface area contributed by atoms with E-state index in [0.29, 0.717) is 5.17 Å². The number of aromatic nitrogens is 2. The van der Waals surface area contributed by atoms with Crippen molar-refractivity contribution in [2.24, 2.45) is 4.99 Å². The third-order valence-corrected chi connectivity index (χ3v) is 5.39. The first-order valence-electron chi connectivity index (χ1n) is 6.26. The zero-order valence-corrected chi connectivity index (χ0v) is 14.0. The molecule has 0 amide bonds. The molecule has 0 fully saturated rings. The second-order valence-electron chi connectivity index (χ2n) is 4.11. The number of rotatable bonds is 5. The van der Waals surface area contributed by atoms with Crippen LogP contribution in [0.5, 0.6) is 0 Å². The Bertz CT molecular complexity index is 532. The van der Waals surface area contributed by atoms with E-state index in [-0.39, 0.29) is 0 Å². The maximum atomic E-state index is 8.54. The molecule has 108 valence electrons. The lowest BCUT2D eigenvalue weighted by Crippen LogP contribution is -2.14. The van der Waals surface area contributed by atoms with Gasteiger partial charge in [-0.1, -0.05) is 23.5 Å². The van der Waals surface area contributed by atoms with Crippen LogP contribution in [0.3, 0.4) is 0 Å². The number of hydrogen-bond donors (Lipinski definition) is 1. The van der Waals surface area contributed by atoms with Gasteiger partial charge in [0.1, 0.15) is 0 Å². The number of hydrogen-bond acceptors (Lipinski definition) is 6. The van der Waals surface area contributed by atoms with Gasteiger partial charge in [0.05, 0.1) is 17.9 Å². The number of fused-ring (bicyclic) bond motifs is 1. The summed E-state index contributed by atoms with van der Waals surface area (Å²) in [5.41, 5.74) is 2.50. The summed E-state index contributed by atoms with van der Waals surface area (Å²) in [5.74, 6) is 3.07. The van der Waals surface area contributed by atoms with E-state index < -0.39 is 0 Å². The summed E-state index contributed by atoms with van der Waals surface area (Å²) < 4.78 is 2.33. The van der Waals surface area contributed by atoms with Crippen molar-refractivity contribution in [1.29, 1.82) is 5.26 Å². The molecule has 2 heterocycles. The molecule has 0 bridgehead atoms. The van der Waals surface area contributed by atoms with Crippen molar-refractivity contribution in [2.45, 2.75) is 24.4 Å². The van der Waals surface area contributed by atoms with E-state index in [2.05, 4.69) is 26.8 Å². The molecule has 8 heteroatoms. The van der Waals surface area contributed by atoms with Crippen LogP contribution in [0.25, 0.3) is 0 Å². The van der Waals surface area contributed by atoms with Crippen LogP contribution in [0.1, 0.15) is 11.4 Å². The minimum Gasteiger partial charge on any atom is -0.321 e. The summed E-state index contributed by atoms with van der Waals surface area (Å²) in [6.07, 6.45) is 3.81. The Morgan fingerprint density at radius 1 is 1.65 bits per heavy atom. The number of aryl methyl sites for hydroxylation is 1. The Hall–Kier alpha value is -0.780. The van der Waals surface area contributed by atoms with Gasteiger partial charge in [0.25, 0.3) is 0 Å². The Labute approximate surface area is 132 Å². The van der Waals surface area contributed by atoms with Crippen molar-refractivity contribution in [2.75, 3.05) is 24.3 Å². The fourth-order valence-electron chi connectivity index (χ4n) is 1.91. The molecule has 2 rings (SSSR count). The standard InChI is InChI=1S/C12H17N5S3/c1-9-10(17-4-6-20-12(17)16-9)7-19-5-3-14-11(18-2)15-8-13/h3-7H2,1-2H3,(H,14,15). The fourth-order valence-corrected chi connectivity index (χ4v) is 4.22. The first-order valence-corrected chi connectivity index (χ1v) is 9.63. The van der Waals surface area contributed by atoms with Crippen molar-refractivity contribution in [3.63, 3.8) is 0 Å². The highest BCUT2D eigenvalue weighted by Gasteiger charge is 2.18. The van der Waals surface area contributed by atoms with Crippen LogP contribution < -0.4 is 5.32 Å². The molecule has 1 aromatic heterocycles. The van der Waals surface area contributed by atoms with E-state index in [0.717, 1.165) is 36.0 Å². The van der Waals surface area contributed by atoms with E-state index in [1.807, 2.05) is 36.0 Å². The van der Waals surface area contributed by atoms with Crippen molar-refractivity contribution in [3.8, 4) is 6.19 Å². The van der Waals surface area contributed by atoms with Crippen molar-refractivity contribution >= 4 is 40.5 Å². The number of nitrogens with zero attached hydrogens (tertiary/aromatic N) is 4. The lowest BCUT2D eigenvalue weighted by molar-refractivity contribution is 0.695. The molecule has 1 aliphatic rings. The van der Waals surface area contributed by atoms with Crippen LogP contribution in [0.4, 0.5) is 0 Å². The third-order valence-electron chi connectivity index (χ3n) is 2.87. The molecule has 0 saturated carbocycles. The molecule has 0 saturated heterocycles.